The van der Waals surface area contributed by atoms with E-state index in [-0.39, 0.29) is 0 Å². The molecule has 0 saturated carbocycles. The molecule has 0 amide bonds. The Bertz CT molecular complexity index is 450. The predicted molar refractivity (Wildman–Crippen MR) is 73.1 cm³/mol. The number of hydrogen-bond acceptors (Lipinski definition) is 4. The number of ether oxygens (including phenoxy) is 1. The molecule has 2 atom stereocenters. The van der Waals surface area contributed by atoms with Crippen molar-refractivity contribution < 1.29 is 4.74 Å². The van der Waals surface area contributed by atoms with E-state index in [1.165, 1.54) is 29.1 Å². The predicted octanol–water partition coefficient (Wildman–Crippen LogP) is 2.93. The molecule has 1 fully saturated rings. The van der Waals surface area contributed by atoms with Gasteiger partial charge in [0.1, 0.15) is 10.9 Å². The highest BCUT2D eigenvalue weighted by Crippen LogP contribution is 2.36. The molecule has 1 aromatic rings. The third kappa shape index (κ3) is 2.41. The summed E-state index contributed by atoms with van der Waals surface area (Å²) in [4.78, 5) is 9.29. The van der Waals surface area contributed by atoms with E-state index in [1.54, 1.807) is 0 Å². The number of thioether (sulfide) groups is 1. The Balaban J connectivity index is 1.88. The van der Waals surface area contributed by atoms with Crippen LogP contribution in [0.5, 0.6) is 0 Å². The van der Waals surface area contributed by atoms with Gasteiger partial charge in [0, 0.05) is 23.1 Å². The van der Waals surface area contributed by atoms with Gasteiger partial charge in [-0.2, -0.15) is 0 Å². The molecule has 0 N–H and O–H groups in total. The maximum atomic E-state index is 5.65. The summed E-state index contributed by atoms with van der Waals surface area (Å²) < 4.78 is 5.65. The van der Waals surface area contributed by atoms with Crippen molar-refractivity contribution in [3.8, 4) is 0 Å². The van der Waals surface area contributed by atoms with Crippen molar-refractivity contribution in [2.45, 2.75) is 62.3 Å². The molecule has 0 spiro atoms. The number of nitrogens with zero attached hydrogens (tertiary/aromatic N) is 2. The van der Waals surface area contributed by atoms with Crippen molar-refractivity contribution in [1.82, 2.24) is 9.97 Å². The first-order valence-electron chi connectivity index (χ1n) is 6.88. The molecule has 2 unspecified atom stereocenters. The molecule has 1 aromatic heterocycles. The quantitative estimate of drug-likeness (QED) is 0.769. The molecule has 4 heteroatoms. The van der Waals surface area contributed by atoms with Crippen LogP contribution in [0.4, 0.5) is 0 Å². The fourth-order valence-electron chi connectivity index (χ4n) is 2.79. The Morgan fingerprint density at radius 2 is 2.06 bits per heavy atom. The summed E-state index contributed by atoms with van der Waals surface area (Å²) in [6.45, 7) is 5.07. The molecule has 98 valence electrons. The van der Waals surface area contributed by atoms with Crippen LogP contribution in [-0.4, -0.2) is 27.9 Å². The van der Waals surface area contributed by atoms with Gasteiger partial charge in [-0.3, -0.25) is 0 Å². The number of fused-ring (bicyclic) bond motifs is 1. The second-order valence-corrected chi connectivity index (χ2v) is 6.46. The average Bonchev–Trinajstić information content (AvgIpc) is 2.75. The molecule has 1 aliphatic heterocycles. The monoisotopic (exact) mass is 264 g/mol. The second-order valence-electron chi connectivity index (χ2n) is 5.23. The van der Waals surface area contributed by atoms with E-state index in [9.17, 15) is 0 Å². The molecule has 3 rings (SSSR count). The summed E-state index contributed by atoms with van der Waals surface area (Å²) >= 11 is 1.91. The normalized spacial score (nSPS) is 27.2. The highest BCUT2D eigenvalue weighted by molar-refractivity contribution is 8.00. The van der Waals surface area contributed by atoms with Gasteiger partial charge < -0.3 is 4.74 Å². The molecule has 18 heavy (non-hydrogen) atoms. The van der Waals surface area contributed by atoms with Crippen molar-refractivity contribution in [2.75, 3.05) is 6.61 Å². The van der Waals surface area contributed by atoms with Gasteiger partial charge in [0.25, 0.3) is 0 Å². The molecule has 0 radical (unpaired) electrons. The van der Waals surface area contributed by atoms with E-state index in [2.05, 4.69) is 16.9 Å². The molecular weight excluding hydrogens is 244 g/mol. The van der Waals surface area contributed by atoms with Gasteiger partial charge in [0.2, 0.25) is 0 Å². The summed E-state index contributed by atoms with van der Waals surface area (Å²) in [5.41, 5.74) is 2.71. The van der Waals surface area contributed by atoms with Crippen LogP contribution in [0.3, 0.4) is 0 Å². The molecular formula is C14H20N2OS. The van der Waals surface area contributed by atoms with Crippen LogP contribution in [-0.2, 0) is 17.6 Å². The zero-order valence-electron chi connectivity index (χ0n) is 11.1. The first kappa shape index (κ1) is 12.4. The zero-order valence-corrected chi connectivity index (χ0v) is 11.9. The van der Waals surface area contributed by atoms with Crippen LogP contribution in [0, 0.1) is 6.92 Å². The van der Waals surface area contributed by atoms with E-state index < -0.39 is 0 Å². The molecule has 1 saturated heterocycles. The summed E-state index contributed by atoms with van der Waals surface area (Å²) in [6, 6.07) is 0. The summed E-state index contributed by atoms with van der Waals surface area (Å²) in [5.74, 6) is 0.921. The van der Waals surface area contributed by atoms with Crippen molar-refractivity contribution in [1.29, 1.82) is 0 Å². The van der Waals surface area contributed by atoms with Crippen LogP contribution in [0.1, 0.15) is 43.3 Å². The SMILES string of the molecule is Cc1nc2c(c(SC3CCOC3C)n1)CCCC2. The van der Waals surface area contributed by atoms with E-state index in [0.29, 0.717) is 11.4 Å². The fraction of sp³-hybridized carbons (Fsp3) is 0.714. The minimum absolute atomic E-state index is 0.351. The average molecular weight is 264 g/mol. The van der Waals surface area contributed by atoms with Gasteiger partial charge in [-0.1, -0.05) is 11.8 Å². The minimum Gasteiger partial charge on any atom is -0.377 e. The second kappa shape index (κ2) is 5.17. The molecule has 3 nitrogen and oxygen atoms in total. The molecule has 0 aromatic carbocycles. The Kier molecular flexibility index (Phi) is 3.57. The lowest BCUT2D eigenvalue weighted by atomic mass is 9.97. The Morgan fingerprint density at radius 1 is 1.22 bits per heavy atom. The summed E-state index contributed by atoms with van der Waals surface area (Å²) in [5, 5.41) is 1.78. The lowest BCUT2D eigenvalue weighted by molar-refractivity contribution is 0.127. The Morgan fingerprint density at radius 3 is 2.83 bits per heavy atom. The van der Waals surface area contributed by atoms with Gasteiger partial charge in [0.15, 0.2) is 0 Å². The zero-order chi connectivity index (χ0) is 12.5. The standard InChI is InChI=1S/C14H20N2OS/c1-9-13(7-8-17-9)18-14-11-5-3-4-6-12(11)15-10(2)16-14/h9,13H,3-8H2,1-2H3. The van der Waals surface area contributed by atoms with Gasteiger partial charge in [-0.25, -0.2) is 9.97 Å². The fourth-order valence-corrected chi connectivity index (χ4v) is 4.10. The van der Waals surface area contributed by atoms with Crippen LogP contribution in [0.2, 0.25) is 0 Å². The summed E-state index contributed by atoms with van der Waals surface area (Å²) in [6.07, 6.45) is 6.33. The first-order chi connectivity index (χ1) is 8.74. The molecule has 1 aliphatic carbocycles. The number of aromatic nitrogens is 2. The van der Waals surface area contributed by atoms with Crippen molar-refractivity contribution in [3.63, 3.8) is 0 Å². The van der Waals surface area contributed by atoms with Crippen LogP contribution < -0.4 is 0 Å². The lowest BCUT2D eigenvalue weighted by Gasteiger charge is -2.20. The largest absolute Gasteiger partial charge is 0.377 e. The van der Waals surface area contributed by atoms with E-state index in [1.807, 2.05) is 18.7 Å². The van der Waals surface area contributed by atoms with Crippen molar-refractivity contribution in [3.05, 3.63) is 17.1 Å². The van der Waals surface area contributed by atoms with Crippen LogP contribution >= 0.6 is 11.8 Å². The third-order valence-corrected chi connectivity index (χ3v) is 5.31. The Hall–Kier alpha value is -0.610. The van der Waals surface area contributed by atoms with Crippen LogP contribution in [0.15, 0.2) is 5.03 Å². The first-order valence-corrected chi connectivity index (χ1v) is 7.76. The van der Waals surface area contributed by atoms with Gasteiger partial charge in [0.05, 0.1) is 6.10 Å². The molecule has 2 aliphatic rings. The highest BCUT2D eigenvalue weighted by atomic mass is 32.2. The molecule has 0 bridgehead atoms. The summed E-state index contributed by atoms with van der Waals surface area (Å²) in [7, 11) is 0. The number of aryl methyl sites for hydroxylation is 2. The number of rotatable bonds is 2. The third-order valence-electron chi connectivity index (χ3n) is 3.83. The number of hydrogen-bond donors (Lipinski definition) is 0. The minimum atomic E-state index is 0.351. The van der Waals surface area contributed by atoms with Gasteiger partial charge >= 0.3 is 0 Å². The smallest absolute Gasteiger partial charge is 0.126 e. The lowest BCUT2D eigenvalue weighted by Crippen LogP contribution is -2.16. The maximum absolute atomic E-state index is 5.65. The highest BCUT2D eigenvalue weighted by Gasteiger charge is 2.27. The van der Waals surface area contributed by atoms with Crippen LogP contribution in [0.25, 0.3) is 0 Å². The van der Waals surface area contributed by atoms with Gasteiger partial charge in [-0.05, 0) is 46.0 Å². The van der Waals surface area contributed by atoms with E-state index in [4.69, 9.17) is 4.74 Å². The van der Waals surface area contributed by atoms with Gasteiger partial charge in [-0.15, -0.1) is 0 Å². The Labute approximate surface area is 113 Å². The maximum Gasteiger partial charge on any atom is 0.126 e. The molecule has 2 heterocycles. The topological polar surface area (TPSA) is 35.0 Å². The van der Waals surface area contributed by atoms with Crippen molar-refractivity contribution >= 4 is 11.8 Å². The van der Waals surface area contributed by atoms with Crippen molar-refractivity contribution in [2.24, 2.45) is 0 Å². The van der Waals surface area contributed by atoms with E-state index in [0.717, 1.165) is 31.7 Å². The van der Waals surface area contributed by atoms with E-state index >= 15 is 0 Å².